The summed E-state index contributed by atoms with van der Waals surface area (Å²) in [4.78, 5) is 17.4. The number of para-hydroxylation sites is 1. The van der Waals surface area contributed by atoms with Gasteiger partial charge in [-0.2, -0.15) is 0 Å². The lowest BCUT2D eigenvalue weighted by atomic mass is 10.1. The van der Waals surface area contributed by atoms with Crippen molar-refractivity contribution in [2.75, 3.05) is 12.5 Å². The molecule has 3 rings (SSSR count). The molecular weight excluding hydrogens is 300 g/mol. The Bertz CT molecular complexity index is 649. The Morgan fingerprint density at radius 3 is 3.09 bits per heavy atom. The standard InChI is InChI=1S/C17H21ClN2O2/c1-12(15-6-3-9-22-15)20(16(21)10-18)11-14-5-2-4-13-7-8-19-17(13)14/h2,4-5,7-8,12,15,19H,3,6,9-11H2,1H3. The first kappa shape index (κ1) is 15.4. The van der Waals surface area contributed by atoms with E-state index in [4.69, 9.17) is 16.3 Å². The van der Waals surface area contributed by atoms with Crippen LogP contribution in [0.15, 0.2) is 30.5 Å². The fourth-order valence-corrected chi connectivity index (χ4v) is 3.34. The van der Waals surface area contributed by atoms with Crippen LogP contribution in [-0.4, -0.2) is 40.4 Å². The third-order valence-electron chi connectivity index (χ3n) is 4.44. The first-order valence-electron chi connectivity index (χ1n) is 7.72. The van der Waals surface area contributed by atoms with Crippen LogP contribution in [0.5, 0.6) is 0 Å². The minimum absolute atomic E-state index is 0.00222. The molecule has 2 heterocycles. The van der Waals surface area contributed by atoms with E-state index in [2.05, 4.69) is 24.0 Å². The highest BCUT2D eigenvalue weighted by atomic mass is 35.5. The molecule has 1 aromatic carbocycles. The Morgan fingerprint density at radius 2 is 2.36 bits per heavy atom. The topological polar surface area (TPSA) is 45.3 Å². The van der Waals surface area contributed by atoms with Gasteiger partial charge in [-0.15, -0.1) is 11.6 Å². The molecule has 2 atom stereocenters. The van der Waals surface area contributed by atoms with E-state index >= 15 is 0 Å². The number of hydrogen-bond donors (Lipinski definition) is 1. The van der Waals surface area contributed by atoms with Crippen LogP contribution < -0.4 is 0 Å². The Morgan fingerprint density at radius 1 is 1.50 bits per heavy atom. The summed E-state index contributed by atoms with van der Waals surface area (Å²) in [5.41, 5.74) is 2.18. The molecule has 4 nitrogen and oxygen atoms in total. The molecule has 1 aliphatic heterocycles. The number of halogens is 1. The van der Waals surface area contributed by atoms with Gasteiger partial charge in [-0.05, 0) is 36.8 Å². The monoisotopic (exact) mass is 320 g/mol. The number of nitrogens with zero attached hydrogens (tertiary/aromatic N) is 1. The lowest BCUT2D eigenvalue weighted by Crippen LogP contribution is -2.45. The van der Waals surface area contributed by atoms with E-state index in [0.29, 0.717) is 6.54 Å². The summed E-state index contributed by atoms with van der Waals surface area (Å²) in [6.07, 6.45) is 4.09. The molecule has 1 fully saturated rings. The van der Waals surface area contributed by atoms with Gasteiger partial charge in [-0.3, -0.25) is 4.79 Å². The summed E-state index contributed by atoms with van der Waals surface area (Å²) in [5, 5.41) is 1.15. The molecule has 0 radical (unpaired) electrons. The third-order valence-corrected chi connectivity index (χ3v) is 4.67. The molecule has 118 valence electrons. The second-order valence-corrected chi connectivity index (χ2v) is 6.07. The van der Waals surface area contributed by atoms with Crippen molar-refractivity contribution in [1.82, 2.24) is 9.88 Å². The molecule has 1 N–H and O–H groups in total. The normalized spacial score (nSPS) is 19.5. The fraction of sp³-hybridized carbons (Fsp3) is 0.471. The number of rotatable bonds is 5. The Hall–Kier alpha value is -1.52. The molecule has 0 saturated carbocycles. The predicted molar refractivity (Wildman–Crippen MR) is 88.0 cm³/mol. The van der Waals surface area contributed by atoms with Crippen LogP contribution in [0.25, 0.3) is 10.9 Å². The minimum atomic E-state index is -0.0479. The number of aromatic nitrogens is 1. The number of alkyl halides is 1. The van der Waals surface area contributed by atoms with Crippen LogP contribution in [0.4, 0.5) is 0 Å². The zero-order chi connectivity index (χ0) is 15.5. The molecular formula is C17H21ClN2O2. The van der Waals surface area contributed by atoms with Crippen molar-refractivity contribution in [3.63, 3.8) is 0 Å². The molecule has 1 aliphatic rings. The van der Waals surface area contributed by atoms with Crippen molar-refractivity contribution in [2.24, 2.45) is 0 Å². The predicted octanol–water partition coefficient (Wildman–Crippen LogP) is 3.30. The summed E-state index contributed by atoms with van der Waals surface area (Å²) in [7, 11) is 0. The summed E-state index contributed by atoms with van der Waals surface area (Å²) in [6, 6.07) is 8.20. The van der Waals surface area contributed by atoms with Crippen LogP contribution >= 0.6 is 11.6 Å². The molecule has 1 aromatic heterocycles. The van der Waals surface area contributed by atoms with Gasteiger partial charge in [0.05, 0.1) is 17.7 Å². The molecule has 2 unspecified atom stereocenters. The summed E-state index contributed by atoms with van der Waals surface area (Å²) < 4.78 is 5.76. The van der Waals surface area contributed by atoms with E-state index in [0.717, 1.165) is 35.9 Å². The van der Waals surface area contributed by atoms with Gasteiger partial charge in [0.2, 0.25) is 5.91 Å². The van der Waals surface area contributed by atoms with Gasteiger partial charge in [0.15, 0.2) is 0 Å². The highest BCUT2D eigenvalue weighted by Gasteiger charge is 2.30. The SMILES string of the molecule is CC(C1CCCO1)N(Cc1cccc2cc[nH]c12)C(=O)CCl. The van der Waals surface area contributed by atoms with Crippen molar-refractivity contribution in [1.29, 1.82) is 0 Å². The number of hydrogen-bond acceptors (Lipinski definition) is 2. The number of nitrogens with one attached hydrogen (secondary N) is 1. The Labute approximate surface area is 135 Å². The Balaban J connectivity index is 1.86. The van der Waals surface area contributed by atoms with Crippen LogP contribution in [-0.2, 0) is 16.1 Å². The highest BCUT2D eigenvalue weighted by molar-refractivity contribution is 6.27. The first-order chi connectivity index (χ1) is 10.7. The van der Waals surface area contributed by atoms with Gasteiger partial charge in [0.25, 0.3) is 0 Å². The number of aromatic amines is 1. The van der Waals surface area contributed by atoms with Gasteiger partial charge in [-0.25, -0.2) is 0 Å². The zero-order valence-electron chi connectivity index (χ0n) is 12.7. The molecule has 0 bridgehead atoms. The number of amides is 1. The molecule has 0 spiro atoms. The average Bonchev–Trinajstić information content (AvgIpc) is 3.22. The van der Waals surface area contributed by atoms with E-state index in [1.54, 1.807) is 0 Å². The molecule has 2 aromatic rings. The van der Waals surface area contributed by atoms with Gasteiger partial charge in [0, 0.05) is 19.3 Å². The number of benzene rings is 1. The second-order valence-electron chi connectivity index (χ2n) is 5.81. The van der Waals surface area contributed by atoms with Gasteiger partial charge in [0.1, 0.15) is 5.88 Å². The van der Waals surface area contributed by atoms with Crippen molar-refractivity contribution >= 4 is 28.4 Å². The van der Waals surface area contributed by atoms with Crippen LogP contribution in [0, 0.1) is 0 Å². The maximum Gasteiger partial charge on any atom is 0.238 e. The smallest absolute Gasteiger partial charge is 0.238 e. The maximum atomic E-state index is 12.3. The van der Waals surface area contributed by atoms with Crippen molar-refractivity contribution in [2.45, 2.75) is 38.5 Å². The second kappa shape index (κ2) is 6.71. The summed E-state index contributed by atoms with van der Waals surface area (Å²) in [6.45, 7) is 3.38. The lowest BCUT2D eigenvalue weighted by Gasteiger charge is -2.32. The van der Waals surface area contributed by atoms with Crippen LogP contribution in [0.3, 0.4) is 0 Å². The van der Waals surface area contributed by atoms with Gasteiger partial charge < -0.3 is 14.6 Å². The minimum Gasteiger partial charge on any atom is -0.376 e. The maximum absolute atomic E-state index is 12.3. The van der Waals surface area contributed by atoms with Crippen LogP contribution in [0.1, 0.15) is 25.3 Å². The molecule has 0 aliphatic carbocycles. The average molecular weight is 321 g/mol. The fourth-order valence-electron chi connectivity index (χ4n) is 3.18. The van der Waals surface area contributed by atoms with Crippen LogP contribution in [0.2, 0.25) is 0 Å². The van der Waals surface area contributed by atoms with E-state index in [9.17, 15) is 4.79 Å². The lowest BCUT2D eigenvalue weighted by molar-refractivity contribution is -0.133. The van der Waals surface area contributed by atoms with E-state index < -0.39 is 0 Å². The highest BCUT2D eigenvalue weighted by Crippen LogP contribution is 2.24. The third kappa shape index (κ3) is 2.99. The largest absolute Gasteiger partial charge is 0.376 e. The van der Waals surface area contributed by atoms with Crippen molar-refractivity contribution < 1.29 is 9.53 Å². The van der Waals surface area contributed by atoms with Gasteiger partial charge in [-0.1, -0.05) is 18.2 Å². The number of fused-ring (bicyclic) bond motifs is 1. The number of carbonyl (C=O) groups is 1. The van der Waals surface area contributed by atoms with E-state index in [1.165, 1.54) is 0 Å². The quantitative estimate of drug-likeness (QED) is 0.859. The summed E-state index contributed by atoms with van der Waals surface area (Å²) in [5.74, 6) is -0.0502. The Kier molecular flexibility index (Phi) is 4.69. The molecule has 22 heavy (non-hydrogen) atoms. The van der Waals surface area contributed by atoms with E-state index in [1.807, 2.05) is 23.2 Å². The van der Waals surface area contributed by atoms with Crippen molar-refractivity contribution in [3.05, 3.63) is 36.0 Å². The molecule has 1 saturated heterocycles. The number of H-pyrrole nitrogens is 1. The summed E-state index contributed by atoms with van der Waals surface area (Å²) >= 11 is 5.82. The number of carbonyl (C=O) groups excluding carboxylic acids is 1. The number of ether oxygens (including phenoxy) is 1. The van der Waals surface area contributed by atoms with Gasteiger partial charge >= 0.3 is 0 Å². The molecule has 5 heteroatoms. The van der Waals surface area contributed by atoms with Crippen molar-refractivity contribution in [3.8, 4) is 0 Å². The molecule has 1 amide bonds. The first-order valence-corrected chi connectivity index (χ1v) is 8.26. The van der Waals surface area contributed by atoms with E-state index in [-0.39, 0.29) is 23.9 Å². The zero-order valence-corrected chi connectivity index (χ0v) is 13.5.